The standard InChI is InChI=1S/C12H19FS/c1-6-11(10(5)9(3)4)8-12(7-2)14-13/h6-10H,2H2,1,3-5H3/b11-6+,12-8+. The molecule has 0 aliphatic carbocycles. The first-order valence-corrected chi connectivity index (χ1v) is 5.57. The van der Waals surface area contributed by atoms with E-state index in [1.165, 1.54) is 5.57 Å². The molecule has 0 saturated heterocycles. The maximum Gasteiger partial charge on any atom is 0.0812 e. The van der Waals surface area contributed by atoms with Gasteiger partial charge in [-0.15, -0.1) is 0 Å². The van der Waals surface area contributed by atoms with Crippen LogP contribution < -0.4 is 0 Å². The number of allylic oxidation sites excluding steroid dienone is 4. The SMILES string of the molecule is C=C/C(=C\C(=C/C)C(C)C(C)C)SF. The zero-order chi connectivity index (χ0) is 11.1. The van der Waals surface area contributed by atoms with Gasteiger partial charge < -0.3 is 0 Å². The summed E-state index contributed by atoms with van der Waals surface area (Å²) in [5.41, 5.74) is 1.17. The van der Waals surface area contributed by atoms with Crippen molar-refractivity contribution in [2.45, 2.75) is 27.7 Å². The van der Waals surface area contributed by atoms with Gasteiger partial charge in [-0.25, -0.2) is 0 Å². The second kappa shape index (κ2) is 6.88. The molecule has 1 atom stereocenters. The van der Waals surface area contributed by atoms with Gasteiger partial charge in [0.25, 0.3) is 0 Å². The zero-order valence-corrected chi connectivity index (χ0v) is 10.2. The Labute approximate surface area is 91.3 Å². The molecule has 0 rings (SSSR count). The van der Waals surface area contributed by atoms with Gasteiger partial charge in [0.2, 0.25) is 0 Å². The predicted octanol–water partition coefficient (Wildman–Crippen LogP) is 4.91. The number of hydrogen-bond acceptors (Lipinski definition) is 1. The van der Waals surface area contributed by atoms with Gasteiger partial charge in [0.05, 0.1) is 12.1 Å². The van der Waals surface area contributed by atoms with Gasteiger partial charge >= 0.3 is 0 Å². The fraction of sp³-hybridized carbons (Fsp3) is 0.500. The van der Waals surface area contributed by atoms with E-state index in [-0.39, 0.29) is 12.1 Å². The van der Waals surface area contributed by atoms with E-state index in [1.54, 1.807) is 6.08 Å². The van der Waals surface area contributed by atoms with Crippen LogP contribution in [0.15, 0.2) is 35.3 Å². The summed E-state index contributed by atoms with van der Waals surface area (Å²) in [5.74, 6) is 1.01. The predicted molar refractivity (Wildman–Crippen MR) is 64.7 cm³/mol. The second-order valence-corrected chi connectivity index (χ2v) is 4.28. The first-order chi connectivity index (χ1) is 6.56. The molecule has 2 heteroatoms. The summed E-state index contributed by atoms with van der Waals surface area (Å²) >= 11 is 0.245. The highest BCUT2D eigenvalue weighted by molar-refractivity contribution is 7.98. The highest BCUT2D eigenvalue weighted by Crippen LogP contribution is 2.26. The molecule has 0 amide bonds. The third kappa shape index (κ3) is 4.14. The van der Waals surface area contributed by atoms with E-state index < -0.39 is 0 Å². The minimum absolute atomic E-state index is 0.245. The van der Waals surface area contributed by atoms with Crippen molar-refractivity contribution in [1.82, 2.24) is 0 Å². The summed E-state index contributed by atoms with van der Waals surface area (Å²) < 4.78 is 12.4. The fourth-order valence-corrected chi connectivity index (χ4v) is 1.38. The molecule has 0 aliphatic rings. The molecule has 0 N–H and O–H groups in total. The lowest BCUT2D eigenvalue weighted by Crippen LogP contribution is -2.05. The number of halogens is 1. The molecule has 0 saturated carbocycles. The highest BCUT2D eigenvalue weighted by Gasteiger charge is 2.10. The first kappa shape index (κ1) is 13.5. The van der Waals surface area contributed by atoms with E-state index in [4.69, 9.17) is 0 Å². The molecule has 80 valence electrons. The van der Waals surface area contributed by atoms with Crippen molar-refractivity contribution >= 4 is 12.1 Å². The van der Waals surface area contributed by atoms with Gasteiger partial charge in [-0.05, 0) is 30.4 Å². The van der Waals surface area contributed by atoms with Crippen molar-refractivity contribution in [2.75, 3.05) is 0 Å². The second-order valence-electron chi connectivity index (χ2n) is 3.65. The van der Waals surface area contributed by atoms with Crippen LogP contribution in [0.25, 0.3) is 0 Å². The molecule has 0 nitrogen and oxygen atoms in total. The molecule has 0 aromatic carbocycles. The normalized spacial score (nSPS) is 15.9. The van der Waals surface area contributed by atoms with Gasteiger partial charge in [-0.3, -0.25) is 0 Å². The van der Waals surface area contributed by atoms with E-state index >= 15 is 0 Å². The average Bonchev–Trinajstić information content (AvgIpc) is 2.19. The molecule has 14 heavy (non-hydrogen) atoms. The Morgan fingerprint density at radius 1 is 1.36 bits per heavy atom. The van der Waals surface area contributed by atoms with Crippen molar-refractivity contribution in [1.29, 1.82) is 0 Å². The Morgan fingerprint density at radius 3 is 2.21 bits per heavy atom. The smallest absolute Gasteiger partial charge is 0.0812 e. The third-order valence-electron chi connectivity index (χ3n) is 2.46. The highest BCUT2D eigenvalue weighted by atomic mass is 32.2. The molecule has 0 aliphatic heterocycles. The summed E-state index contributed by atoms with van der Waals surface area (Å²) in [6.07, 6.45) is 5.44. The molecule has 0 aromatic heterocycles. The van der Waals surface area contributed by atoms with Crippen LogP contribution in [-0.4, -0.2) is 0 Å². The number of hydrogen-bond donors (Lipinski definition) is 0. The Morgan fingerprint density at radius 2 is 1.93 bits per heavy atom. The van der Waals surface area contributed by atoms with Gasteiger partial charge in [-0.1, -0.05) is 39.5 Å². The van der Waals surface area contributed by atoms with Crippen LogP contribution in [0.4, 0.5) is 3.89 Å². The maximum absolute atomic E-state index is 12.4. The molecule has 0 spiro atoms. The summed E-state index contributed by atoms with van der Waals surface area (Å²) in [6, 6.07) is 0. The molecule has 1 unspecified atom stereocenters. The molecule has 0 radical (unpaired) electrons. The van der Waals surface area contributed by atoms with Crippen LogP contribution in [0.5, 0.6) is 0 Å². The van der Waals surface area contributed by atoms with E-state index in [9.17, 15) is 3.89 Å². The summed E-state index contributed by atoms with van der Waals surface area (Å²) in [6.45, 7) is 12.0. The zero-order valence-electron chi connectivity index (χ0n) is 9.38. The lowest BCUT2D eigenvalue weighted by Gasteiger charge is -2.17. The molecular formula is C12H19FS. The lowest BCUT2D eigenvalue weighted by atomic mass is 9.89. The van der Waals surface area contributed by atoms with Crippen molar-refractivity contribution in [3.8, 4) is 0 Å². The Kier molecular flexibility index (Phi) is 6.64. The fourth-order valence-electron chi connectivity index (χ4n) is 1.14. The van der Waals surface area contributed by atoms with E-state index in [2.05, 4.69) is 27.4 Å². The summed E-state index contributed by atoms with van der Waals surface area (Å²) in [4.78, 5) is 0.575. The van der Waals surface area contributed by atoms with E-state index in [0.29, 0.717) is 16.7 Å². The minimum Gasteiger partial charge on any atom is -0.160 e. The molecule has 0 bridgehead atoms. The van der Waals surface area contributed by atoms with Gasteiger partial charge in [0.15, 0.2) is 0 Å². The van der Waals surface area contributed by atoms with Crippen molar-refractivity contribution in [3.63, 3.8) is 0 Å². The van der Waals surface area contributed by atoms with Crippen LogP contribution in [0.3, 0.4) is 0 Å². The first-order valence-electron chi connectivity index (χ1n) is 4.85. The van der Waals surface area contributed by atoms with Crippen LogP contribution in [0.2, 0.25) is 0 Å². The van der Waals surface area contributed by atoms with Crippen LogP contribution in [0.1, 0.15) is 27.7 Å². The topological polar surface area (TPSA) is 0 Å². The molecule has 0 fully saturated rings. The lowest BCUT2D eigenvalue weighted by molar-refractivity contribution is 0.487. The van der Waals surface area contributed by atoms with Crippen molar-refractivity contribution in [2.24, 2.45) is 11.8 Å². The van der Waals surface area contributed by atoms with Crippen LogP contribution in [-0.2, 0) is 0 Å². The van der Waals surface area contributed by atoms with Crippen molar-refractivity contribution in [3.05, 3.63) is 35.3 Å². The van der Waals surface area contributed by atoms with Gasteiger partial charge in [0, 0.05) is 4.91 Å². The van der Waals surface area contributed by atoms with Gasteiger partial charge in [0.1, 0.15) is 0 Å². The van der Waals surface area contributed by atoms with Gasteiger partial charge in [-0.2, -0.15) is 3.89 Å². The largest absolute Gasteiger partial charge is 0.160 e. The third-order valence-corrected chi connectivity index (χ3v) is 2.92. The van der Waals surface area contributed by atoms with Crippen LogP contribution >= 0.6 is 12.1 Å². The number of rotatable bonds is 5. The molecule has 0 aromatic rings. The van der Waals surface area contributed by atoms with E-state index in [0.717, 1.165) is 0 Å². The Hall–Kier alpha value is -0.500. The monoisotopic (exact) mass is 214 g/mol. The maximum atomic E-state index is 12.4. The van der Waals surface area contributed by atoms with Crippen LogP contribution in [0, 0.1) is 11.8 Å². The molecular weight excluding hydrogens is 195 g/mol. The summed E-state index contributed by atoms with van der Waals surface area (Å²) in [7, 11) is 0. The average molecular weight is 214 g/mol. The quantitative estimate of drug-likeness (QED) is 0.586. The van der Waals surface area contributed by atoms with E-state index in [1.807, 2.05) is 19.1 Å². The van der Waals surface area contributed by atoms with Crippen molar-refractivity contribution < 1.29 is 3.89 Å². The minimum atomic E-state index is 0.245. The Bertz CT molecular complexity index is 239. The molecule has 0 heterocycles. The summed E-state index contributed by atoms with van der Waals surface area (Å²) in [5, 5.41) is 0. The Balaban J connectivity index is 4.75.